The summed E-state index contributed by atoms with van der Waals surface area (Å²) in [6.07, 6.45) is -6.29. The number of nitrogens with zero attached hydrogens (tertiary/aromatic N) is 2. The molecule has 1 aromatic rings. The first-order valence-corrected chi connectivity index (χ1v) is 6.92. The molecule has 21 heavy (non-hydrogen) atoms. The average molecular weight is 317 g/mol. The summed E-state index contributed by atoms with van der Waals surface area (Å²) in [5.74, 6) is 0.0671. The minimum atomic E-state index is -4.64. The lowest BCUT2D eigenvalue weighted by Gasteiger charge is -2.34. The Bertz CT molecular complexity index is 613. The number of anilines is 1. The zero-order valence-corrected chi connectivity index (χ0v) is 11.6. The first-order valence-electron chi connectivity index (χ1n) is 6.54. The molecule has 1 saturated carbocycles. The van der Waals surface area contributed by atoms with Crippen molar-refractivity contribution in [2.45, 2.75) is 24.7 Å². The highest BCUT2D eigenvalue weighted by Crippen LogP contribution is 2.53. The fourth-order valence-corrected chi connectivity index (χ4v) is 3.37. The zero-order chi connectivity index (χ0) is 15.4. The van der Waals surface area contributed by atoms with Crippen molar-refractivity contribution in [2.24, 2.45) is 11.8 Å². The van der Waals surface area contributed by atoms with E-state index in [0.717, 1.165) is 6.42 Å². The van der Waals surface area contributed by atoms with E-state index in [2.05, 4.69) is 0 Å². The number of benzene rings is 1. The molecule has 0 bridgehead atoms. The average Bonchev–Trinajstić information content (AvgIpc) is 3.08. The standard InChI is InChI=1S/C14H12ClF3N2O/c15-11-4-9(2-1-7(11)5-19)20-6-8-3-10(8)12(20)13(21)14(16,17)18/h1-2,4,8,10,12-13,21H,3,6H2/t8-,10-,12-,13-/m1/s1. The van der Waals surface area contributed by atoms with Crippen molar-refractivity contribution in [3.63, 3.8) is 0 Å². The number of rotatable bonds is 2. The lowest BCUT2D eigenvalue weighted by Crippen LogP contribution is -2.49. The molecule has 0 amide bonds. The molecule has 1 N–H and O–H groups in total. The van der Waals surface area contributed by atoms with Crippen molar-refractivity contribution in [2.75, 3.05) is 11.4 Å². The minimum absolute atomic E-state index is 0.129. The summed E-state index contributed by atoms with van der Waals surface area (Å²) in [5.41, 5.74) is 0.789. The van der Waals surface area contributed by atoms with Crippen LogP contribution in [0.4, 0.5) is 18.9 Å². The van der Waals surface area contributed by atoms with Gasteiger partial charge in [-0.05, 0) is 36.5 Å². The fraction of sp³-hybridized carbons (Fsp3) is 0.500. The van der Waals surface area contributed by atoms with Gasteiger partial charge in [-0.2, -0.15) is 18.4 Å². The van der Waals surface area contributed by atoms with Gasteiger partial charge in [-0.3, -0.25) is 0 Å². The summed E-state index contributed by atoms with van der Waals surface area (Å²) in [6, 6.07) is 5.48. The third kappa shape index (κ3) is 2.45. The quantitative estimate of drug-likeness (QED) is 0.912. The summed E-state index contributed by atoms with van der Waals surface area (Å²) < 4.78 is 38.5. The maximum Gasteiger partial charge on any atom is 0.416 e. The van der Waals surface area contributed by atoms with Crippen LogP contribution in [0.5, 0.6) is 0 Å². The topological polar surface area (TPSA) is 47.3 Å². The highest BCUT2D eigenvalue weighted by atomic mass is 35.5. The zero-order valence-electron chi connectivity index (χ0n) is 10.8. The second-order valence-corrected chi connectivity index (χ2v) is 5.97. The van der Waals surface area contributed by atoms with E-state index in [1.807, 2.05) is 6.07 Å². The first kappa shape index (κ1) is 14.5. The molecule has 3 rings (SSSR count). The maximum atomic E-state index is 12.8. The van der Waals surface area contributed by atoms with Gasteiger partial charge in [-0.1, -0.05) is 11.6 Å². The number of aliphatic hydroxyl groups is 1. The molecule has 2 aliphatic rings. The molecule has 1 heterocycles. The molecule has 1 aliphatic carbocycles. The Balaban J connectivity index is 1.91. The molecular weight excluding hydrogens is 305 g/mol. The molecule has 0 aromatic heterocycles. The van der Waals surface area contributed by atoms with Gasteiger partial charge >= 0.3 is 6.18 Å². The largest absolute Gasteiger partial charge is 0.416 e. The monoisotopic (exact) mass is 316 g/mol. The Labute approximate surface area is 124 Å². The summed E-state index contributed by atoms with van der Waals surface area (Å²) in [5, 5.41) is 18.7. The van der Waals surface area contributed by atoms with Gasteiger partial charge in [0.1, 0.15) is 6.07 Å². The van der Waals surface area contributed by atoms with Crippen molar-refractivity contribution >= 4 is 17.3 Å². The van der Waals surface area contributed by atoms with Crippen LogP contribution in [-0.2, 0) is 0 Å². The van der Waals surface area contributed by atoms with Gasteiger partial charge in [0, 0.05) is 12.2 Å². The van der Waals surface area contributed by atoms with E-state index in [0.29, 0.717) is 12.2 Å². The molecule has 1 aromatic carbocycles. The van der Waals surface area contributed by atoms with E-state index in [-0.39, 0.29) is 22.4 Å². The van der Waals surface area contributed by atoms with E-state index in [1.165, 1.54) is 12.1 Å². The molecular formula is C14H12ClF3N2O. The Morgan fingerprint density at radius 2 is 2.14 bits per heavy atom. The first-order chi connectivity index (χ1) is 9.82. The van der Waals surface area contributed by atoms with Crippen LogP contribution in [-0.4, -0.2) is 30.0 Å². The number of alkyl halides is 3. The van der Waals surface area contributed by atoms with E-state index in [4.69, 9.17) is 16.9 Å². The van der Waals surface area contributed by atoms with E-state index < -0.39 is 18.3 Å². The van der Waals surface area contributed by atoms with Crippen molar-refractivity contribution in [1.82, 2.24) is 0 Å². The van der Waals surface area contributed by atoms with Crippen LogP contribution in [0.2, 0.25) is 5.02 Å². The Hall–Kier alpha value is -1.45. The Morgan fingerprint density at radius 1 is 1.43 bits per heavy atom. The molecule has 0 radical (unpaired) electrons. The number of nitriles is 1. The molecule has 4 atom stereocenters. The molecule has 1 saturated heterocycles. The Morgan fingerprint density at radius 3 is 2.71 bits per heavy atom. The van der Waals surface area contributed by atoms with Gasteiger partial charge in [0.25, 0.3) is 0 Å². The van der Waals surface area contributed by atoms with Crippen LogP contribution in [0, 0.1) is 23.2 Å². The van der Waals surface area contributed by atoms with E-state index in [1.54, 1.807) is 11.0 Å². The highest BCUT2D eigenvalue weighted by molar-refractivity contribution is 6.32. The molecule has 7 heteroatoms. The number of hydrogen-bond acceptors (Lipinski definition) is 3. The minimum Gasteiger partial charge on any atom is -0.382 e. The van der Waals surface area contributed by atoms with Gasteiger partial charge in [-0.15, -0.1) is 0 Å². The van der Waals surface area contributed by atoms with Crippen LogP contribution < -0.4 is 4.90 Å². The summed E-state index contributed by atoms with van der Waals surface area (Å²) >= 11 is 5.94. The highest BCUT2D eigenvalue weighted by Gasteiger charge is 2.60. The third-order valence-electron chi connectivity index (χ3n) is 4.27. The van der Waals surface area contributed by atoms with Gasteiger partial charge in [-0.25, -0.2) is 0 Å². The number of aliphatic hydroxyl groups excluding tert-OH is 1. The van der Waals surface area contributed by atoms with Crippen LogP contribution in [0.25, 0.3) is 0 Å². The molecule has 3 nitrogen and oxygen atoms in total. The van der Waals surface area contributed by atoms with E-state index in [9.17, 15) is 18.3 Å². The van der Waals surface area contributed by atoms with Crippen LogP contribution >= 0.6 is 11.6 Å². The molecule has 1 aliphatic heterocycles. The van der Waals surface area contributed by atoms with Crippen LogP contribution in [0.15, 0.2) is 18.2 Å². The van der Waals surface area contributed by atoms with Crippen LogP contribution in [0.3, 0.4) is 0 Å². The van der Waals surface area contributed by atoms with Gasteiger partial charge in [0.2, 0.25) is 0 Å². The summed E-state index contributed by atoms with van der Waals surface area (Å²) in [4.78, 5) is 1.56. The molecule has 0 unspecified atom stereocenters. The van der Waals surface area contributed by atoms with E-state index >= 15 is 0 Å². The number of piperidine rings is 1. The summed E-state index contributed by atoms with van der Waals surface area (Å²) in [7, 11) is 0. The normalized spacial score (nSPS) is 29.0. The Kier molecular flexibility index (Phi) is 3.30. The lowest BCUT2D eigenvalue weighted by molar-refractivity contribution is -0.210. The van der Waals surface area contributed by atoms with Crippen molar-refractivity contribution < 1.29 is 18.3 Å². The SMILES string of the molecule is N#Cc1ccc(N2C[C@H]3C[C@H]3[C@@H]2[C@@H](O)C(F)(F)F)cc1Cl. The maximum absolute atomic E-state index is 12.8. The van der Waals surface area contributed by atoms with Gasteiger partial charge < -0.3 is 10.0 Å². The predicted molar refractivity (Wildman–Crippen MR) is 71.0 cm³/mol. The number of fused-ring (bicyclic) bond motifs is 1. The third-order valence-corrected chi connectivity index (χ3v) is 4.58. The summed E-state index contributed by atoms with van der Waals surface area (Å²) in [6.45, 7) is 0.477. The van der Waals surface area contributed by atoms with Gasteiger partial charge in [0.15, 0.2) is 6.10 Å². The van der Waals surface area contributed by atoms with Crippen LogP contribution in [0.1, 0.15) is 12.0 Å². The predicted octanol–water partition coefficient (Wildman–Crippen LogP) is 2.96. The second kappa shape index (κ2) is 4.79. The smallest absolute Gasteiger partial charge is 0.382 e. The second-order valence-electron chi connectivity index (χ2n) is 5.56. The fourth-order valence-electron chi connectivity index (χ4n) is 3.15. The van der Waals surface area contributed by atoms with Crippen molar-refractivity contribution in [3.05, 3.63) is 28.8 Å². The molecule has 2 fully saturated rings. The van der Waals surface area contributed by atoms with Gasteiger partial charge in [0.05, 0.1) is 16.6 Å². The van der Waals surface area contributed by atoms with Crippen molar-refractivity contribution in [1.29, 1.82) is 5.26 Å². The molecule has 112 valence electrons. The number of halogens is 4. The van der Waals surface area contributed by atoms with Crippen molar-refractivity contribution in [3.8, 4) is 6.07 Å². The lowest BCUT2D eigenvalue weighted by atomic mass is 10.0. The number of hydrogen-bond donors (Lipinski definition) is 1. The molecule has 0 spiro atoms.